The van der Waals surface area contributed by atoms with Crippen LogP contribution >= 0.6 is 0 Å². The number of aromatic amines is 2. The molecule has 2 aliphatic heterocycles. The van der Waals surface area contributed by atoms with Crippen molar-refractivity contribution >= 4 is 0 Å². The van der Waals surface area contributed by atoms with Gasteiger partial charge in [0.05, 0.1) is 6.61 Å². The van der Waals surface area contributed by atoms with E-state index in [-0.39, 0.29) is 6.42 Å². The molecule has 0 radical (unpaired) electrons. The van der Waals surface area contributed by atoms with Crippen molar-refractivity contribution in [1.29, 1.82) is 0 Å². The van der Waals surface area contributed by atoms with Crippen LogP contribution in [0.15, 0.2) is 53.9 Å². The predicted molar refractivity (Wildman–Crippen MR) is 138 cm³/mol. The Labute approximate surface area is 233 Å². The molecule has 0 bridgehead atoms. The quantitative estimate of drug-likeness (QED) is 0.211. The highest BCUT2D eigenvalue weighted by atomic mass is 19.1. The van der Waals surface area contributed by atoms with E-state index in [0.29, 0.717) is 4.57 Å². The first kappa shape index (κ1) is 32.2. The molecule has 4 N–H and O–H groups in total. The van der Waals surface area contributed by atoms with E-state index in [1.165, 1.54) is 6.92 Å². The van der Waals surface area contributed by atoms with Crippen LogP contribution in [0.25, 0.3) is 20.9 Å². The van der Waals surface area contributed by atoms with Crippen molar-refractivity contribution in [2.45, 2.75) is 75.5 Å². The Balaban J connectivity index is 0.000000230. The summed E-state index contributed by atoms with van der Waals surface area (Å²) in [6, 6.07) is 2.06. The predicted octanol–water partition coefficient (Wildman–Crippen LogP) is 1.000. The third-order valence-corrected chi connectivity index (χ3v) is 7.45. The van der Waals surface area contributed by atoms with Gasteiger partial charge in [-0.05, 0) is 31.3 Å². The average molecular weight is 599 g/mol. The van der Waals surface area contributed by atoms with Crippen LogP contribution in [0.1, 0.15) is 46.6 Å². The summed E-state index contributed by atoms with van der Waals surface area (Å²) in [6.07, 6.45) is -2.61. The van der Waals surface area contributed by atoms with Gasteiger partial charge in [-0.1, -0.05) is 24.1 Å². The number of aliphatic hydroxyl groups excluding tert-OH is 2. The minimum absolute atomic E-state index is 0.256. The Morgan fingerprint density at radius 3 is 1.76 bits per heavy atom. The molecular formula is C22H28F2N10O8. The summed E-state index contributed by atoms with van der Waals surface area (Å²) in [6.45, 7) is 4.48. The van der Waals surface area contributed by atoms with Crippen LogP contribution in [0.5, 0.6) is 0 Å². The van der Waals surface area contributed by atoms with Gasteiger partial charge in [0.15, 0.2) is 29.5 Å². The Morgan fingerprint density at radius 1 is 0.929 bits per heavy atom. The number of aliphatic hydroxyl groups is 2. The minimum atomic E-state index is -2.56. The molecule has 2 aromatic heterocycles. The highest BCUT2D eigenvalue weighted by molar-refractivity contribution is 5.08. The lowest BCUT2D eigenvalue weighted by Crippen LogP contribution is -2.48. The lowest BCUT2D eigenvalue weighted by atomic mass is 9.85. The summed E-state index contributed by atoms with van der Waals surface area (Å²) in [5, 5.41) is 25.9. The Morgan fingerprint density at radius 2 is 1.36 bits per heavy atom. The van der Waals surface area contributed by atoms with Crippen LogP contribution in [0.4, 0.5) is 8.78 Å². The number of nitrogens with one attached hydrogen (secondary N) is 2. The second-order valence-electron chi connectivity index (χ2n) is 9.98. The molecule has 42 heavy (non-hydrogen) atoms. The maximum Gasteiger partial charge on any atom is 0.330 e. The van der Waals surface area contributed by atoms with E-state index in [4.69, 9.17) is 20.5 Å². The molecule has 0 aliphatic carbocycles. The van der Waals surface area contributed by atoms with E-state index < -0.39 is 76.4 Å². The van der Waals surface area contributed by atoms with Gasteiger partial charge in [0.25, 0.3) is 11.1 Å². The third kappa shape index (κ3) is 5.34. The molecule has 2 saturated heterocycles. The summed E-state index contributed by atoms with van der Waals surface area (Å²) < 4.78 is 42.2. The fourth-order valence-corrected chi connectivity index (χ4v) is 4.85. The molecule has 228 valence electrons. The number of aromatic nitrogens is 4. The molecule has 0 spiro atoms. The highest BCUT2D eigenvalue weighted by Crippen LogP contribution is 2.52. The number of rotatable bonds is 6. The fourth-order valence-electron chi connectivity index (χ4n) is 4.85. The maximum atomic E-state index is 15.1. The Hall–Kier alpha value is -4.32. The number of halogens is 2. The highest BCUT2D eigenvalue weighted by Gasteiger charge is 2.63. The molecule has 2 aliphatic rings. The molecule has 18 nitrogen and oxygen atoms in total. The van der Waals surface area contributed by atoms with Gasteiger partial charge in [0, 0.05) is 40.3 Å². The van der Waals surface area contributed by atoms with Gasteiger partial charge in [-0.3, -0.25) is 28.7 Å². The monoisotopic (exact) mass is 598 g/mol. The first-order valence-electron chi connectivity index (χ1n) is 12.3. The molecule has 20 heteroatoms. The number of nitrogens with zero attached hydrogens (tertiary/aromatic N) is 8. The molecule has 0 saturated carbocycles. The summed E-state index contributed by atoms with van der Waals surface area (Å²) in [5.41, 5.74) is 5.99. The van der Waals surface area contributed by atoms with Gasteiger partial charge in [0.2, 0.25) is 5.72 Å². The van der Waals surface area contributed by atoms with E-state index in [0.717, 1.165) is 36.0 Å². The van der Waals surface area contributed by atoms with E-state index in [9.17, 15) is 33.8 Å². The summed E-state index contributed by atoms with van der Waals surface area (Å²) in [4.78, 5) is 54.7. The van der Waals surface area contributed by atoms with Gasteiger partial charge in [-0.2, -0.15) is 0 Å². The number of H-pyrrole nitrogens is 2. The smallest absolute Gasteiger partial charge is 0.330 e. The zero-order valence-corrected chi connectivity index (χ0v) is 22.7. The summed E-state index contributed by atoms with van der Waals surface area (Å²) >= 11 is 0. The van der Waals surface area contributed by atoms with Crippen molar-refractivity contribution in [1.82, 2.24) is 19.1 Å². The number of hydrogen-bond acceptors (Lipinski definition) is 10. The second kappa shape index (κ2) is 11.5. The van der Waals surface area contributed by atoms with E-state index in [1.54, 1.807) is 13.8 Å². The zero-order valence-electron chi connectivity index (χ0n) is 22.7. The molecule has 0 amide bonds. The molecule has 2 fully saturated rings. The number of ether oxygens (including phenoxy) is 2. The number of alkyl halides is 2. The molecule has 0 unspecified atom stereocenters. The Bertz CT molecular complexity index is 1540. The SMILES string of the molecule is CC[C@@]1(N=[N+]=[N-])O[C@@H](n2ccc(=O)[nH]c2=O)[C@](C)(F)[C@@H]1C.C[C@]1(F)[C@H](n2ccc(=O)[nH]c2=O)O[C@@](CO)(N=[N+]=[N-])[C@H]1O. The van der Waals surface area contributed by atoms with Crippen LogP contribution in [0.3, 0.4) is 0 Å². The fraction of sp³-hybridized carbons (Fsp3) is 0.636. The first-order valence-corrected chi connectivity index (χ1v) is 12.3. The number of hydrogen-bond donors (Lipinski definition) is 4. The lowest BCUT2D eigenvalue weighted by molar-refractivity contribution is -0.125. The maximum absolute atomic E-state index is 15.1. The van der Waals surface area contributed by atoms with Crippen LogP contribution in [-0.4, -0.2) is 64.8 Å². The summed E-state index contributed by atoms with van der Waals surface area (Å²) in [5.74, 6) is -0.769. The lowest BCUT2D eigenvalue weighted by Gasteiger charge is -2.28. The van der Waals surface area contributed by atoms with Crippen LogP contribution < -0.4 is 22.5 Å². The van der Waals surface area contributed by atoms with Crippen molar-refractivity contribution in [2.75, 3.05) is 6.61 Å². The van der Waals surface area contributed by atoms with Gasteiger partial charge in [0.1, 0.15) is 6.10 Å². The molecule has 2 aromatic rings. The third-order valence-electron chi connectivity index (χ3n) is 7.45. The normalized spacial score (nSPS) is 35.4. The van der Waals surface area contributed by atoms with Crippen LogP contribution in [0.2, 0.25) is 0 Å². The Kier molecular flexibility index (Phi) is 8.83. The van der Waals surface area contributed by atoms with Crippen molar-refractivity contribution in [3.05, 3.63) is 87.1 Å². The van der Waals surface area contributed by atoms with E-state index in [2.05, 4.69) is 20.1 Å². The first-order chi connectivity index (χ1) is 19.6. The van der Waals surface area contributed by atoms with E-state index in [1.807, 2.05) is 9.97 Å². The standard InChI is InChI=1S/C12H16FN5O3.C10H12FN5O5/c1-4-12(16-17-14)7(2)11(3,13)9(21-12)18-6-5-8(19)15-10(18)20;1-9(11)6(19)10(4-17,14-15-12)21-7(9)16-3-2-5(18)13-8(16)20/h5-7,9H,4H2,1-3H3,(H,15,19,20);2-3,6-7,17,19H,4H2,1H3,(H,13,18,20)/t7-,9+,11+,12+;6-,7+,9+,10+/m00/s1. The van der Waals surface area contributed by atoms with Gasteiger partial charge in [-0.25, -0.2) is 18.4 Å². The van der Waals surface area contributed by atoms with Crippen molar-refractivity contribution in [2.24, 2.45) is 16.1 Å². The molecule has 0 aromatic carbocycles. The average Bonchev–Trinajstić information content (AvgIpc) is 3.24. The topological polar surface area (TPSA) is 266 Å². The second-order valence-corrected chi connectivity index (χ2v) is 9.98. The van der Waals surface area contributed by atoms with Crippen LogP contribution in [0, 0.1) is 5.92 Å². The minimum Gasteiger partial charge on any atom is -0.393 e. The van der Waals surface area contributed by atoms with Gasteiger partial charge < -0.3 is 19.7 Å². The van der Waals surface area contributed by atoms with Gasteiger partial charge in [-0.15, -0.1) is 0 Å². The zero-order chi connectivity index (χ0) is 31.7. The van der Waals surface area contributed by atoms with Crippen molar-refractivity contribution < 1.29 is 28.5 Å². The largest absolute Gasteiger partial charge is 0.393 e. The van der Waals surface area contributed by atoms with Crippen LogP contribution in [-0.2, 0) is 9.47 Å². The molecular weight excluding hydrogens is 570 g/mol. The van der Waals surface area contributed by atoms with Gasteiger partial charge >= 0.3 is 11.4 Å². The molecule has 4 rings (SSSR count). The summed E-state index contributed by atoms with van der Waals surface area (Å²) in [7, 11) is 0. The van der Waals surface area contributed by atoms with Crippen molar-refractivity contribution in [3.63, 3.8) is 0 Å². The molecule has 4 heterocycles. The van der Waals surface area contributed by atoms with Crippen molar-refractivity contribution in [3.8, 4) is 0 Å². The van der Waals surface area contributed by atoms with E-state index >= 15 is 4.39 Å². The number of azide groups is 2. The molecule has 8 atom stereocenters.